The lowest BCUT2D eigenvalue weighted by molar-refractivity contribution is 0.507. The molecule has 1 saturated carbocycles. The van der Waals surface area contributed by atoms with Crippen LogP contribution in [-0.4, -0.2) is 6.04 Å². The molecule has 1 aliphatic rings. The van der Waals surface area contributed by atoms with E-state index in [0.717, 1.165) is 12.8 Å². The van der Waals surface area contributed by atoms with E-state index in [1.165, 1.54) is 31.0 Å². The van der Waals surface area contributed by atoms with Gasteiger partial charge in [-0.15, -0.1) is 0 Å². The van der Waals surface area contributed by atoms with Crippen LogP contribution in [0.1, 0.15) is 31.2 Å². The van der Waals surface area contributed by atoms with Crippen molar-refractivity contribution >= 4 is 0 Å². The van der Waals surface area contributed by atoms with Gasteiger partial charge in [-0.25, -0.2) is 8.78 Å². The monoisotopic (exact) mass is 225 g/mol. The minimum Gasteiger partial charge on any atom is -0.327 e. The Morgan fingerprint density at radius 3 is 2.44 bits per heavy atom. The third kappa shape index (κ3) is 2.79. The summed E-state index contributed by atoms with van der Waals surface area (Å²) in [4.78, 5) is 0. The Balaban J connectivity index is 1.84. The van der Waals surface area contributed by atoms with E-state index in [0.29, 0.717) is 12.3 Å². The molecule has 0 aromatic heterocycles. The smallest absolute Gasteiger partial charge is 0.129 e. The van der Waals surface area contributed by atoms with Crippen LogP contribution in [0.25, 0.3) is 0 Å². The van der Waals surface area contributed by atoms with Crippen molar-refractivity contribution in [3.05, 3.63) is 35.4 Å². The van der Waals surface area contributed by atoms with Crippen molar-refractivity contribution in [1.29, 1.82) is 0 Å². The van der Waals surface area contributed by atoms with E-state index >= 15 is 0 Å². The summed E-state index contributed by atoms with van der Waals surface area (Å²) in [6.45, 7) is 0. The Morgan fingerprint density at radius 2 is 1.88 bits per heavy atom. The molecule has 1 aromatic carbocycles. The second kappa shape index (κ2) is 4.91. The standard InChI is InChI=1S/C13H17F2N/c14-11-4-2-5-12(15)10(11)3-1-6-13(16)9-7-8-9/h2,4-5,9,13H,1,3,6-8,16H2. The van der Waals surface area contributed by atoms with E-state index in [1.807, 2.05) is 0 Å². The SMILES string of the molecule is NC(CCCc1c(F)cccc1F)C1CC1. The lowest BCUT2D eigenvalue weighted by Crippen LogP contribution is -2.22. The third-order valence-corrected chi connectivity index (χ3v) is 3.25. The lowest BCUT2D eigenvalue weighted by Gasteiger charge is -2.10. The highest BCUT2D eigenvalue weighted by molar-refractivity contribution is 5.19. The maximum Gasteiger partial charge on any atom is 0.129 e. The quantitative estimate of drug-likeness (QED) is 0.819. The van der Waals surface area contributed by atoms with E-state index in [1.54, 1.807) is 0 Å². The van der Waals surface area contributed by atoms with Crippen LogP contribution in [0.15, 0.2) is 18.2 Å². The highest BCUT2D eigenvalue weighted by Gasteiger charge is 2.27. The third-order valence-electron chi connectivity index (χ3n) is 3.25. The van der Waals surface area contributed by atoms with E-state index in [-0.39, 0.29) is 11.6 Å². The van der Waals surface area contributed by atoms with Crippen molar-refractivity contribution in [2.75, 3.05) is 0 Å². The van der Waals surface area contributed by atoms with E-state index in [2.05, 4.69) is 0 Å². The highest BCUT2D eigenvalue weighted by Crippen LogP contribution is 2.33. The van der Waals surface area contributed by atoms with Gasteiger partial charge in [-0.3, -0.25) is 0 Å². The summed E-state index contributed by atoms with van der Waals surface area (Å²) in [6.07, 6.45) is 4.50. The summed E-state index contributed by atoms with van der Waals surface area (Å²) in [7, 11) is 0. The molecular weight excluding hydrogens is 208 g/mol. The first-order valence-corrected chi connectivity index (χ1v) is 5.87. The first-order chi connectivity index (χ1) is 7.68. The minimum atomic E-state index is -0.444. The van der Waals surface area contributed by atoms with Gasteiger partial charge in [0.25, 0.3) is 0 Å². The van der Waals surface area contributed by atoms with Gasteiger partial charge in [0.15, 0.2) is 0 Å². The van der Waals surface area contributed by atoms with Crippen molar-refractivity contribution < 1.29 is 8.78 Å². The molecule has 0 spiro atoms. The highest BCUT2D eigenvalue weighted by atomic mass is 19.1. The van der Waals surface area contributed by atoms with Gasteiger partial charge >= 0.3 is 0 Å². The van der Waals surface area contributed by atoms with Gasteiger partial charge in [-0.2, -0.15) is 0 Å². The molecule has 0 bridgehead atoms. The largest absolute Gasteiger partial charge is 0.327 e. The number of hydrogen-bond donors (Lipinski definition) is 1. The van der Waals surface area contributed by atoms with Crippen molar-refractivity contribution in [2.24, 2.45) is 11.7 Å². The normalized spacial score (nSPS) is 17.4. The van der Waals surface area contributed by atoms with Gasteiger partial charge in [-0.05, 0) is 50.2 Å². The number of hydrogen-bond acceptors (Lipinski definition) is 1. The van der Waals surface area contributed by atoms with Gasteiger partial charge in [0, 0.05) is 11.6 Å². The fraction of sp³-hybridized carbons (Fsp3) is 0.538. The molecule has 0 radical (unpaired) electrons. The molecule has 16 heavy (non-hydrogen) atoms. The summed E-state index contributed by atoms with van der Waals surface area (Å²) in [5.41, 5.74) is 6.13. The van der Waals surface area contributed by atoms with Crippen molar-refractivity contribution in [2.45, 2.75) is 38.1 Å². The van der Waals surface area contributed by atoms with Crippen LogP contribution in [0.5, 0.6) is 0 Å². The topological polar surface area (TPSA) is 26.0 Å². The second-order valence-corrected chi connectivity index (χ2v) is 4.59. The maximum atomic E-state index is 13.3. The summed E-state index contributed by atoms with van der Waals surface area (Å²) in [6, 6.07) is 4.22. The Kier molecular flexibility index (Phi) is 3.54. The number of rotatable bonds is 5. The number of nitrogens with two attached hydrogens (primary N) is 1. The Hall–Kier alpha value is -0.960. The molecule has 1 fully saturated rings. The molecule has 1 unspecified atom stereocenters. The molecule has 1 atom stereocenters. The lowest BCUT2D eigenvalue weighted by atomic mass is 10.0. The van der Waals surface area contributed by atoms with Gasteiger partial charge in [0.1, 0.15) is 11.6 Å². The summed E-state index contributed by atoms with van der Waals surface area (Å²) >= 11 is 0. The van der Waals surface area contributed by atoms with Crippen molar-refractivity contribution in [1.82, 2.24) is 0 Å². The van der Waals surface area contributed by atoms with Crippen molar-refractivity contribution in [3.63, 3.8) is 0 Å². The van der Waals surface area contributed by atoms with Crippen LogP contribution in [0, 0.1) is 17.6 Å². The maximum absolute atomic E-state index is 13.3. The molecule has 1 nitrogen and oxygen atoms in total. The molecule has 0 amide bonds. The zero-order chi connectivity index (χ0) is 11.5. The van der Waals surface area contributed by atoms with E-state index in [9.17, 15) is 8.78 Å². The van der Waals surface area contributed by atoms with Crippen molar-refractivity contribution in [3.8, 4) is 0 Å². The fourth-order valence-corrected chi connectivity index (χ4v) is 2.05. The van der Waals surface area contributed by atoms with Crippen LogP contribution < -0.4 is 5.73 Å². The Bertz CT molecular complexity index is 341. The molecule has 88 valence electrons. The average Bonchev–Trinajstić information content (AvgIpc) is 3.05. The molecular formula is C13H17F2N. The summed E-state index contributed by atoms with van der Waals surface area (Å²) in [5.74, 6) is -0.231. The minimum absolute atomic E-state index is 0.200. The van der Waals surface area contributed by atoms with Crippen LogP contribution in [0.4, 0.5) is 8.78 Å². The Labute approximate surface area is 94.7 Å². The molecule has 3 heteroatoms. The van der Waals surface area contributed by atoms with Crippen LogP contribution >= 0.6 is 0 Å². The van der Waals surface area contributed by atoms with Gasteiger partial charge in [0.05, 0.1) is 0 Å². The van der Waals surface area contributed by atoms with Crippen LogP contribution in [-0.2, 0) is 6.42 Å². The van der Waals surface area contributed by atoms with E-state index in [4.69, 9.17) is 5.73 Å². The number of benzene rings is 1. The average molecular weight is 225 g/mol. The van der Waals surface area contributed by atoms with E-state index < -0.39 is 11.6 Å². The summed E-state index contributed by atoms with van der Waals surface area (Å²) < 4.78 is 26.5. The summed E-state index contributed by atoms with van der Waals surface area (Å²) in [5, 5.41) is 0. The van der Waals surface area contributed by atoms with Gasteiger partial charge in [-0.1, -0.05) is 6.07 Å². The second-order valence-electron chi connectivity index (χ2n) is 4.59. The zero-order valence-corrected chi connectivity index (χ0v) is 9.26. The predicted molar refractivity (Wildman–Crippen MR) is 60.0 cm³/mol. The molecule has 0 heterocycles. The first-order valence-electron chi connectivity index (χ1n) is 5.87. The van der Waals surface area contributed by atoms with Gasteiger partial charge < -0.3 is 5.73 Å². The van der Waals surface area contributed by atoms with Crippen LogP contribution in [0.3, 0.4) is 0 Å². The van der Waals surface area contributed by atoms with Gasteiger partial charge in [0.2, 0.25) is 0 Å². The number of halogens is 2. The molecule has 1 aliphatic carbocycles. The van der Waals surface area contributed by atoms with Crippen LogP contribution in [0.2, 0.25) is 0 Å². The molecule has 1 aromatic rings. The molecule has 0 saturated heterocycles. The molecule has 2 rings (SSSR count). The predicted octanol–water partition coefficient (Wildman–Crippen LogP) is 3.02. The fourth-order valence-electron chi connectivity index (χ4n) is 2.05. The first kappa shape index (κ1) is 11.5. The zero-order valence-electron chi connectivity index (χ0n) is 9.26. The molecule has 2 N–H and O–H groups in total. The molecule has 0 aliphatic heterocycles. The Morgan fingerprint density at radius 1 is 1.25 bits per heavy atom.